The summed E-state index contributed by atoms with van der Waals surface area (Å²) < 4.78 is 11.5. The van der Waals surface area contributed by atoms with Gasteiger partial charge in [-0.05, 0) is 71.6 Å². The number of ketones is 1. The number of aliphatic hydroxyl groups excluding tert-OH is 1. The van der Waals surface area contributed by atoms with Crippen molar-refractivity contribution in [1.29, 1.82) is 0 Å². The van der Waals surface area contributed by atoms with E-state index in [9.17, 15) is 14.7 Å². The van der Waals surface area contributed by atoms with E-state index in [0.717, 1.165) is 5.56 Å². The average Bonchev–Trinajstić information content (AvgIpc) is 3.22. The Balaban J connectivity index is 1.64. The quantitative estimate of drug-likeness (QED) is 0.155. The summed E-state index contributed by atoms with van der Waals surface area (Å²) in [5.41, 5.74) is 2.57. The molecule has 1 atom stereocenters. The predicted molar refractivity (Wildman–Crippen MR) is 152 cm³/mol. The molecule has 3 aromatic carbocycles. The Morgan fingerprint density at radius 3 is 2.38 bits per heavy atom. The first-order chi connectivity index (χ1) is 19.4. The number of rotatable bonds is 8. The number of para-hydroxylation sites is 1. The van der Waals surface area contributed by atoms with E-state index < -0.39 is 17.7 Å². The van der Waals surface area contributed by atoms with Gasteiger partial charge in [0.05, 0.1) is 31.0 Å². The summed E-state index contributed by atoms with van der Waals surface area (Å²) in [5.74, 6) is 0.284. The van der Waals surface area contributed by atoms with Crippen molar-refractivity contribution < 1.29 is 24.2 Å². The van der Waals surface area contributed by atoms with E-state index in [0.29, 0.717) is 34.1 Å². The van der Waals surface area contributed by atoms with Crippen molar-refractivity contribution in [2.24, 2.45) is 0 Å². The second-order valence-electron chi connectivity index (χ2n) is 9.85. The van der Waals surface area contributed by atoms with Gasteiger partial charge in [0, 0.05) is 11.8 Å². The van der Waals surface area contributed by atoms with Crippen molar-refractivity contribution in [3.8, 4) is 17.2 Å². The molecule has 5 rings (SSSR count). The van der Waals surface area contributed by atoms with Crippen LogP contribution in [-0.2, 0) is 16.1 Å². The largest absolute Gasteiger partial charge is 0.507 e. The second kappa shape index (κ2) is 11.5. The number of likely N-dealkylation sites (tertiary alicyclic amines) is 1. The lowest BCUT2D eigenvalue weighted by Crippen LogP contribution is -2.29. The smallest absolute Gasteiger partial charge is 0.296 e. The van der Waals surface area contributed by atoms with E-state index >= 15 is 0 Å². The third kappa shape index (κ3) is 5.31. The number of carbonyl (C=O) groups is 2. The van der Waals surface area contributed by atoms with Crippen LogP contribution in [0.5, 0.6) is 17.2 Å². The molecule has 0 radical (unpaired) electrons. The molecule has 1 N–H and O–H groups in total. The third-order valence-electron chi connectivity index (χ3n) is 6.88. The van der Waals surface area contributed by atoms with Crippen molar-refractivity contribution in [3.63, 3.8) is 0 Å². The topological polar surface area (TPSA) is 89.0 Å². The van der Waals surface area contributed by atoms with Crippen LogP contribution < -0.4 is 9.47 Å². The highest BCUT2D eigenvalue weighted by molar-refractivity contribution is 6.46. The maximum Gasteiger partial charge on any atom is 0.296 e. The molecule has 7 heteroatoms. The molecule has 0 bridgehead atoms. The number of ether oxygens (including phenoxy) is 2. The van der Waals surface area contributed by atoms with Crippen LogP contribution in [0.25, 0.3) is 5.76 Å². The van der Waals surface area contributed by atoms with Gasteiger partial charge < -0.3 is 19.5 Å². The minimum absolute atomic E-state index is 0.0117. The Morgan fingerprint density at radius 2 is 1.68 bits per heavy atom. The third-order valence-corrected chi connectivity index (χ3v) is 6.88. The molecule has 1 saturated heterocycles. The number of hydrogen-bond acceptors (Lipinski definition) is 6. The van der Waals surface area contributed by atoms with Gasteiger partial charge in [-0.25, -0.2) is 0 Å². The first-order valence-corrected chi connectivity index (χ1v) is 13.1. The molecule has 4 aromatic rings. The summed E-state index contributed by atoms with van der Waals surface area (Å²) in [6.07, 6.45) is 1.64. The molecule has 0 spiro atoms. The maximum absolute atomic E-state index is 13.5. The molecule has 1 amide bonds. The van der Waals surface area contributed by atoms with Gasteiger partial charge in [-0.15, -0.1) is 0 Å². The number of pyridine rings is 1. The minimum Gasteiger partial charge on any atom is -0.507 e. The number of hydrogen-bond donors (Lipinski definition) is 1. The van der Waals surface area contributed by atoms with E-state index in [4.69, 9.17) is 9.47 Å². The number of carbonyl (C=O) groups excluding carboxylic acids is 2. The van der Waals surface area contributed by atoms with Crippen molar-refractivity contribution in [1.82, 2.24) is 9.88 Å². The highest BCUT2D eigenvalue weighted by Gasteiger charge is 2.46. The van der Waals surface area contributed by atoms with E-state index in [2.05, 4.69) is 4.98 Å². The van der Waals surface area contributed by atoms with Crippen LogP contribution in [0.3, 0.4) is 0 Å². The molecule has 1 unspecified atom stereocenters. The zero-order chi connectivity index (χ0) is 28.2. The van der Waals surface area contributed by atoms with Gasteiger partial charge in [0.25, 0.3) is 11.7 Å². The van der Waals surface area contributed by atoms with Gasteiger partial charge in [0.15, 0.2) is 0 Å². The molecule has 0 saturated carbocycles. The average molecular weight is 535 g/mol. The van der Waals surface area contributed by atoms with Crippen molar-refractivity contribution in [3.05, 3.63) is 125 Å². The van der Waals surface area contributed by atoms with E-state index in [1.807, 2.05) is 56.3 Å². The molecular formula is C33H30N2O5. The summed E-state index contributed by atoms with van der Waals surface area (Å²) in [6.45, 7) is 4.13. The van der Waals surface area contributed by atoms with Gasteiger partial charge in [0.2, 0.25) is 0 Å². The summed E-state index contributed by atoms with van der Waals surface area (Å²) in [7, 11) is 1.59. The fourth-order valence-corrected chi connectivity index (χ4v) is 4.92. The second-order valence-corrected chi connectivity index (χ2v) is 9.85. The number of nitrogens with zero attached hydrogens (tertiary/aromatic N) is 2. The summed E-state index contributed by atoms with van der Waals surface area (Å²) in [6, 6.07) is 26.4. The molecule has 1 aliphatic rings. The van der Waals surface area contributed by atoms with Crippen molar-refractivity contribution in [2.75, 3.05) is 7.11 Å². The molecule has 2 heterocycles. The number of Topliss-reactive ketones (excluding diaryl/α,β-unsaturated/α-hetero) is 1. The molecule has 1 aromatic heterocycles. The monoisotopic (exact) mass is 534 g/mol. The Bertz CT molecular complexity index is 1560. The summed E-state index contributed by atoms with van der Waals surface area (Å²) in [5, 5.41) is 11.6. The Kier molecular flexibility index (Phi) is 7.64. The Morgan fingerprint density at radius 1 is 0.925 bits per heavy atom. The molecular weight excluding hydrogens is 504 g/mol. The van der Waals surface area contributed by atoms with Crippen LogP contribution in [0, 0.1) is 0 Å². The lowest BCUT2D eigenvalue weighted by molar-refractivity contribution is -0.140. The molecule has 40 heavy (non-hydrogen) atoms. The summed E-state index contributed by atoms with van der Waals surface area (Å²) in [4.78, 5) is 32.8. The highest BCUT2D eigenvalue weighted by atomic mass is 16.5. The van der Waals surface area contributed by atoms with Gasteiger partial charge in [-0.2, -0.15) is 0 Å². The van der Waals surface area contributed by atoms with Crippen LogP contribution in [0.15, 0.2) is 103 Å². The molecule has 202 valence electrons. The fourth-order valence-electron chi connectivity index (χ4n) is 4.92. The van der Waals surface area contributed by atoms with E-state index in [-0.39, 0.29) is 23.8 Å². The van der Waals surface area contributed by atoms with Crippen molar-refractivity contribution in [2.45, 2.75) is 32.4 Å². The molecule has 1 aliphatic heterocycles. The Hall–Kier alpha value is -4.91. The maximum atomic E-state index is 13.5. The zero-order valence-corrected chi connectivity index (χ0v) is 22.6. The first-order valence-electron chi connectivity index (χ1n) is 13.1. The molecule has 7 nitrogen and oxygen atoms in total. The lowest BCUT2D eigenvalue weighted by Gasteiger charge is -2.25. The van der Waals surface area contributed by atoms with Crippen LogP contribution in [0.4, 0.5) is 0 Å². The summed E-state index contributed by atoms with van der Waals surface area (Å²) >= 11 is 0. The number of amides is 1. The Labute approximate surface area is 233 Å². The SMILES string of the molecule is COc1ccc(/C(O)=C2\C(=O)C(=O)N(Cc3ccccn3)C2c2cccc(Oc3ccccc3)c2)cc1C(C)C. The molecule has 1 fully saturated rings. The van der Waals surface area contributed by atoms with Crippen LogP contribution in [0.2, 0.25) is 0 Å². The normalized spacial score (nSPS) is 16.4. The van der Waals surface area contributed by atoms with Crippen LogP contribution in [-0.4, -0.2) is 33.8 Å². The van der Waals surface area contributed by atoms with Crippen LogP contribution >= 0.6 is 0 Å². The van der Waals surface area contributed by atoms with Gasteiger partial charge in [-0.3, -0.25) is 14.6 Å². The van der Waals surface area contributed by atoms with Gasteiger partial charge in [0.1, 0.15) is 23.0 Å². The zero-order valence-electron chi connectivity index (χ0n) is 22.6. The lowest BCUT2D eigenvalue weighted by atomic mass is 9.93. The standard InChI is InChI=1S/C33H30N2O5/c1-21(2)27-19-23(15-16-28(27)39-3)31(36)29-30(35(33(38)32(29)37)20-24-11-7-8-17-34-24)22-10-9-14-26(18-22)40-25-12-5-4-6-13-25/h4-19,21,30,36H,20H2,1-3H3/b31-29+. The van der Waals surface area contributed by atoms with E-state index in [1.165, 1.54) is 4.90 Å². The number of benzene rings is 3. The molecule has 0 aliphatic carbocycles. The minimum atomic E-state index is -0.856. The first kappa shape index (κ1) is 26.7. The van der Waals surface area contributed by atoms with Crippen LogP contribution in [0.1, 0.15) is 48.2 Å². The van der Waals surface area contributed by atoms with Gasteiger partial charge >= 0.3 is 0 Å². The number of methoxy groups -OCH3 is 1. The fraction of sp³-hybridized carbons (Fsp3) is 0.182. The predicted octanol–water partition coefficient (Wildman–Crippen LogP) is 6.63. The van der Waals surface area contributed by atoms with E-state index in [1.54, 1.807) is 61.8 Å². The van der Waals surface area contributed by atoms with Gasteiger partial charge in [-0.1, -0.05) is 50.2 Å². The van der Waals surface area contributed by atoms with Crippen molar-refractivity contribution >= 4 is 17.4 Å². The highest BCUT2D eigenvalue weighted by Crippen LogP contribution is 2.42. The number of aliphatic hydroxyl groups is 1. The number of aromatic nitrogens is 1.